The molecule has 1 rings (SSSR count). The molecule has 0 aliphatic carbocycles. The molecule has 10 heavy (non-hydrogen) atoms. The first kappa shape index (κ1) is 13.1. The summed E-state index contributed by atoms with van der Waals surface area (Å²) < 4.78 is 0. The van der Waals surface area contributed by atoms with E-state index in [1.807, 2.05) is 0 Å². The lowest BCUT2D eigenvalue weighted by atomic mass is 10.2. The third-order valence-electron chi connectivity index (χ3n) is 0.986. The molecule has 0 bridgehead atoms. The Morgan fingerprint density at radius 2 is 1.40 bits per heavy atom. The molecule has 0 aromatic carbocycles. The van der Waals surface area contributed by atoms with Crippen LogP contribution in [0.15, 0.2) is 0 Å². The zero-order chi connectivity index (χ0) is 7.28. The van der Waals surface area contributed by atoms with Crippen LogP contribution in [0, 0.1) is 11.8 Å². The summed E-state index contributed by atoms with van der Waals surface area (Å²) in [5, 5.41) is 0. The first-order valence-electron chi connectivity index (χ1n) is 3.83. The summed E-state index contributed by atoms with van der Waals surface area (Å²) in [6, 6.07) is 0. The number of rotatable bonds is 0. The lowest BCUT2D eigenvalue weighted by Crippen LogP contribution is -2.09. The van der Waals surface area contributed by atoms with Gasteiger partial charge in [-0.3, -0.25) is 0 Å². The van der Waals surface area contributed by atoms with Crippen LogP contribution in [0.4, 0.5) is 0 Å². The summed E-state index contributed by atoms with van der Waals surface area (Å²) in [5.41, 5.74) is 0. The maximum atomic E-state index is 2.32. The minimum absolute atomic E-state index is 0. The van der Waals surface area contributed by atoms with Crippen molar-refractivity contribution >= 4 is 8.58 Å². The Morgan fingerprint density at radius 3 is 1.40 bits per heavy atom. The van der Waals surface area contributed by atoms with Crippen molar-refractivity contribution in [2.45, 2.75) is 35.1 Å². The fraction of sp³-hybridized carbons (Fsp3) is 1.00. The highest BCUT2D eigenvalue weighted by Crippen LogP contribution is 2.29. The molecule has 1 saturated heterocycles. The Morgan fingerprint density at radius 1 is 1.20 bits per heavy atom. The van der Waals surface area contributed by atoms with Gasteiger partial charge in [0, 0.05) is 0 Å². The van der Waals surface area contributed by atoms with E-state index in [4.69, 9.17) is 0 Å². The summed E-state index contributed by atoms with van der Waals surface area (Å²) >= 11 is 0. The van der Waals surface area contributed by atoms with Crippen LogP contribution in [0.2, 0.25) is 0 Å². The predicted molar refractivity (Wildman–Crippen MR) is 54.5 cm³/mol. The largest absolute Gasteiger partial charge is 0.122 e. The fourth-order valence-corrected chi connectivity index (χ4v) is 1.30. The molecule has 0 spiro atoms. The van der Waals surface area contributed by atoms with Crippen LogP contribution >= 0.6 is 8.58 Å². The Kier molecular flexibility index (Phi) is 9.84. The molecule has 0 radical (unpaired) electrons. The van der Waals surface area contributed by atoms with Crippen molar-refractivity contribution < 1.29 is 0 Å². The molecule has 1 aliphatic rings. The lowest BCUT2D eigenvalue weighted by Gasteiger charge is -2.19. The maximum absolute atomic E-state index is 2.32. The molecule has 64 valence electrons. The van der Waals surface area contributed by atoms with Crippen molar-refractivity contribution in [1.29, 1.82) is 0 Å². The van der Waals surface area contributed by atoms with Gasteiger partial charge in [0.25, 0.3) is 0 Å². The summed E-state index contributed by atoms with van der Waals surface area (Å²) in [6.45, 7) is 8.82. The second kappa shape index (κ2) is 7.54. The van der Waals surface area contributed by atoms with E-state index in [-0.39, 0.29) is 7.43 Å². The summed E-state index contributed by atoms with van der Waals surface area (Å²) in [7, 11) is 1.30. The van der Waals surface area contributed by atoms with E-state index >= 15 is 0 Å². The Hall–Kier alpha value is 0.430. The second-order valence-corrected chi connectivity index (χ2v) is 4.81. The molecule has 0 N–H and O–H groups in total. The highest BCUT2D eigenvalue weighted by atomic mass is 31.1. The fourth-order valence-electron chi connectivity index (χ4n) is 0.433. The zero-order valence-corrected chi connectivity index (χ0v) is 8.07. The molecule has 0 amide bonds. The number of hydrogen-bond donors (Lipinski definition) is 0. The zero-order valence-electron chi connectivity index (χ0n) is 7.07. The second-order valence-electron chi connectivity index (χ2n) is 3.50. The average Bonchev–Trinajstić information content (AvgIpc) is 1.59. The Bertz CT molecular complexity index is 53.0. The monoisotopic (exact) mass is 162 g/mol. The third-order valence-corrected chi connectivity index (χ3v) is 2.96. The summed E-state index contributed by atoms with van der Waals surface area (Å²) in [4.78, 5) is 0. The Labute approximate surface area is 68.6 Å². The average molecular weight is 162 g/mol. The maximum Gasteiger partial charge on any atom is -0.0324 e. The van der Waals surface area contributed by atoms with Gasteiger partial charge in [0.05, 0.1) is 0 Å². The van der Waals surface area contributed by atoms with E-state index in [1.54, 1.807) is 0 Å². The molecule has 0 unspecified atom stereocenters. The van der Waals surface area contributed by atoms with Crippen LogP contribution in [0.1, 0.15) is 35.1 Å². The predicted octanol–water partition coefficient (Wildman–Crippen LogP) is 3.61. The molecular formula is C9H23P. The van der Waals surface area contributed by atoms with Crippen LogP contribution in [-0.2, 0) is 0 Å². The molecule has 1 fully saturated rings. The van der Waals surface area contributed by atoms with Gasteiger partial charge >= 0.3 is 0 Å². The van der Waals surface area contributed by atoms with Gasteiger partial charge in [-0.1, -0.05) is 35.1 Å². The molecule has 0 aromatic rings. The van der Waals surface area contributed by atoms with Crippen LogP contribution in [0.25, 0.3) is 0 Å². The Balaban J connectivity index is 0. The van der Waals surface area contributed by atoms with E-state index in [2.05, 4.69) is 27.7 Å². The first-order valence-corrected chi connectivity index (χ1v) is 5.25. The van der Waals surface area contributed by atoms with Crippen molar-refractivity contribution in [3.63, 3.8) is 0 Å². The van der Waals surface area contributed by atoms with Crippen molar-refractivity contribution in [3.05, 3.63) is 0 Å². The highest BCUT2D eigenvalue weighted by molar-refractivity contribution is 7.39. The molecule has 0 aromatic heterocycles. The van der Waals surface area contributed by atoms with Crippen LogP contribution in [-0.4, -0.2) is 12.3 Å². The van der Waals surface area contributed by atoms with Crippen molar-refractivity contribution in [2.75, 3.05) is 12.3 Å². The van der Waals surface area contributed by atoms with E-state index in [9.17, 15) is 0 Å². The highest BCUT2D eigenvalue weighted by Gasteiger charge is 2.09. The SMILES string of the molecule is C.CC(C)C.CC1CPC1. The molecule has 1 aliphatic heterocycles. The van der Waals surface area contributed by atoms with Crippen LogP contribution in [0.5, 0.6) is 0 Å². The van der Waals surface area contributed by atoms with Gasteiger partial charge in [-0.25, -0.2) is 0 Å². The normalized spacial score (nSPS) is 24.3. The lowest BCUT2D eigenvalue weighted by molar-refractivity contribution is 0.713. The quantitative estimate of drug-likeness (QED) is 0.477. The van der Waals surface area contributed by atoms with Gasteiger partial charge in [-0.05, 0) is 24.2 Å². The van der Waals surface area contributed by atoms with Gasteiger partial charge in [0.1, 0.15) is 0 Å². The standard InChI is InChI=1S/C4H9P.C4H10.CH4/c1-4-2-5-3-4;1-4(2)3;/h4-5H,2-3H2,1H3;4H,1-3H3;1H4. The first-order chi connectivity index (χ1) is 4.13. The van der Waals surface area contributed by atoms with Gasteiger partial charge in [0.2, 0.25) is 0 Å². The smallest absolute Gasteiger partial charge is 0.0324 e. The molecule has 0 nitrogen and oxygen atoms in total. The molecular weight excluding hydrogens is 139 g/mol. The third kappa shape index (κ3) is 11.3. The van der Waals surface area contributed by atoms with Gasteiger partial charge in [-0.15, -0.1) is 8.58 Å². The van der Waals surface area contributed by atoms with E-state index in [1.165, 1.54) is 20.9 Å². The van der Waals surface area contributed by atoms with Crippen LogP contribution in [0.3, 0.4) is 0 Å². The minimum Gasteiger partial charge on any atom is -0.122 e. The van der Waals surface area contributed by atoms with Gasteiger partial charge in [-0.2, -0.15) is 0 Å². The minimum atomic E-state index is 0. The van der Waals surface area contributed by atoms with Crippen molar-refractivity contribution in [3.8, 4) is 0 Å². The molecule has 0 atom stereocenters. The van der Waals surface area contributed by atoms with Gasteiger partial charge < -0.3 is 0 Å². The number of hydrogen-bond acceptors (Lipinski definition) is 0. The van der Waals surface area contributed by atoms with Crippen molar-refractivity contribution in [2.24, 2.45) is 11.8 Å². The van der Waals surface area contributed by atoms with E-state index in [0.717, 1.165) is 11.8 Å². The molecule has 1 heteroatoms. The summed E-state index contributed by atoms with van der Waals surface area (Å²) in [5.74, 6) is 1.91. The van der Waals surface area contributed by atoms with Gasteiger partial charge in [0.15, 0.2) is 0 Å². The van der Waals surface area contributed by atoms with E-state index < -0.39 is 0 Å². The summed E-state index contributed by atoms with van der Waals surface area (Å²) in [6.07, 6.45) is 3.03. The van der Waals surface area contributed by atoms with E-state index in [0.29, 0.717) is 0 Å². The molecule has 0 saturated carbocycles. The molecule has 1 heterocycles. The van der Waals surface area contributed by atoms with Crippen LogP contribution < -0.4 is 0 Å². The topological polar surface area (TPSA) is 0 Å². The van der Waals surface area contributed by atoms with Crippen molar-refractivity contribution in [1.82, 2.24) is 0 Å².